The molecule has 0 aromatic carbocycles. The lowest BCUT2D eigenvalue weighted by molar-refractivity contribution is 0.162. The summed E-state index contributed by atoms with van der Waals surface area (Å²) in [6, 6.07) is 0.159. The maximum Gasteiger partial charge on any atom is 0.140 e. The third kappa shape index (κ3) is 5.77. The molecule has 0 aromatic rings. The van der Waals surface area contributed by atoms with E-state index >= 15 is 0 Å². The van der Waals surface area contributed by atoms with Crippen molar-refractivity contribution >= 4 is 5.84 Å². The average Bonchev–Trinajstić information content (AvgIpc) is 2.22. The number of aliphatic hydroxyl groups excluding tert-OH is 1. The lowest BCUT2D eigenvalue weighted by atomic mass is 10.1. The number of rotatable bonds is 7. The maximum atomic E-state index is 9.32. The highest BCUT2D eigenvalue weighted by molar-refractivity contribution is 5.80. The molecule has 0 saturated carbocycles. The van der Waals surface area contributed by atoms with Crippen LogP contribution in [0.5, 0.6) is 0 Å². The molecule has 84 valence electrons. The van der Waals surface area contributed by atoms with E-state index in [-0.39, 0.29) is 18.0 Å². The SMILES string of the molecule is CCC(O)CNC(CC)CC(N)=NO. The average molecular weight is 203 g/mol. The van der Waals surface area contributed by atoms with E-state index in [1.807, 2.05) is 13.8 Å². The summed E-state index contributed by atoms with van der Waals surface area (Å²) in [5.41, 5.74) is 5.39. The van der Waals surface area contributed by atoms with Crippen molar-refractivity contribution in [2.45, 2.75) is 45.3 Å². The fourth-order valence-electron chi connectivity index (χ4n) is 1.10. The zero-order valence-electron chi connectivity index (χ0n) is 8.90. The molecule has 0 spiro atoms. The Kier molecular flexibility index (Phi) is 7.14. The number of amidine groups is 1. The topological polar surface area (TPSA) is 90.9 Å². The molecule has 0 amide bonds. The van der Waals surface area contributed by atoms with Gasteiger partial charge in [0.2, 0.25) is 0 Å². The minimum atomic E-state index is -0.323. The number of aliphatic hydroxyl groups is 1. The Labute approximate surface area is 85.0 Å². The van der Waals surface area contributed by atoms with E-state index in [2.05, 4.69) is 10.5 Å². The third-order valence-corrected chi connectivity index (χ3v) is 2.19. The molecule has 0 aliphatic heterocycles. The van der Waals surface area contributed by atoms with Gasteiger partial charge in [0, 0.05) is 19.0 Å². The Morgan fingerprint density at radius 3 is 2.50 bits per heavy atom. The number of oxime groups is 1. The van der Waals surface area contributed by atoms with Gasteiger partial charge in [0.25, 0.3) is 0 Å². The van der Waals surface area contributed by atoms with E-state index in [0.29, 0.717) is 13.0 Å². The van der Waals surface area contributed by atoms with Gasteiger partial charge in [-0.05, 0) is 12.8 Å². The molecule has 0 aliphatic rings. The van der Waals surface area contributed by atoms with Crippen LogP contribution in [0, 0.1) is 0 Å². The first-order valence-electron chi connectivity index (χ1n) is 5.01. The Bertz CT molecular complexity index is 173. The number of hydrogen-bond acceptors (Lipinski definition) is 4. The predicted octanol–water partition coefficient (Wildman–Crippen LogP) is 0.262. The number of nitrogens with two attached hydrogens (primary N) is 1. The molecule has 2 unspecified atom stereocenters. The standard InChI is InChI=1S/C9H21N3O2/c1-3-7(5-9(10)12-14)11-6-8(13)4-2/h7-8,11,13-14H,3-6H2,1-2H3,(H2,10,12). The molecule has 0 radical (unpaired) electrons. The Morgan fingerprint density at radius 2 is 2.07 bits per heavy atom. The van der Waals surface area contributed by atoms with Crippen molar-refractivity contribution in [1.29, 1.82) is 0 Å². The number of nitrogens with zero attached hydrogens (tertiary/aromatic N) is 1. The van der Waals surface area contributed by atoms with Crippen molar-refractivity contribution in [3.05, 3.63) is 0 Å². The predicted molar refractivity (Wildman–Crippen MR) is 56.4 cm³/mol. The van der Waals surface area contributed by atoms with Gasteiger partial charge in [0.1, 0.15) is 5.84 Å². The summed E-state index contributed by atoms with van der Waals surface area (Å²) in [7, 11) is 0. The lowest BCUT2D eigenvalue weighted by Crippen LogP contribution is -2.37. The maximum absolute atomic E-state index is 9.32. The summed E-state index contributed by atoms with van der Waals surface area (Å²) in [6.45, 7) is 4.49. The van der Waals surface area contributed by atoms with Crippen molar-refractivity contribution in [2.24, 2.45) is 10.9 Å². The van der Waals surface area contributed by atoms with Gasteiger partial charge in [-0.1, -0.05) is 19.0 Å². The van der Waals surface area contributed by atoms with Gasteiger partial charge in [-0.15, -0.1) is 0 Å². The molecule has 0 bridgehead atoms. The lowest BCUT2D eigenvalue weighted by Gasteiger charge is -2.18. The molecule has 14 heavy (non-hydrogen) atoms. The van der Waals surface area contributed by atoms with E-state index in [9.17, 15) is 5.11 Å². The second kappa shape index (κ2) is 7.58. The van der Waals surface area contributed by atoms with Gasteiger partial charge in [0.15, 0.2) is 0 Å². The zero-order chi connectivity index (χ0) is 11.0. The number of hydrogen-bond donors (Lipinski definition) is 4. The van der Waals surface area contributed by atoms with Gasteiger partial charge >= 0.3 is 0 Å². The summed E-state index contributed by atoms with van der Waals surface area (Å²) in [5, 5.41) is 23.8. The van der Waals surface area contributed by atoms with E-state index in [4.69, 9.17) is 10.9 Å². The molecule has 0 saturated heterocycles. The molecule has 0 rings (SSSR count). The van der Waals surface area contributed by atoms with Crippen molar-refractivity contribution in [3.8, 4) is 0 Å². The van der Waals surface area contributed by atoms with Gasteiger partial charge < -0.3 is 21.4 Å². The minimum Gasteiger partial charge on any atom is -0.409 e. The van der Waals surface area contributed by atoms with E-state index < -0.39 is 0 Å². The molecular formula is C9H21N3O2. The van der Waals surface area contributed by atoms with Gasteiger partial charge in [-0.25, -0.2) is 0 Å². The summed E-state index contributed by atoms with van der Waals surface area (Å²) < 4.78 is 0. The molecule has 0 aromatic heterocycles. The third-order valence-electron chi connectivity index (χ3n) is 2.19. The first-order valence-corrected chi connectivity index (χ1v) is 5.01. The molecule has 0 fully saturated rings. The van der Waals surface area contributed by atoms with Crippen LogP contribution in [0.25, 0.3) is 0 Å². The molecule has 2 atom stereocenters. The van der Waals surface area contributed by atoms with Crippen LogP contribution in [0.15, 0.2) is 5.16 Å². The zero-order valence-corrected chi connectivity index (χ0v) is 8.90. The van der Waals surface area contributed by atoms with Crippen molar-refractivity contribution in [2.75, 3.05) is 6.54 Å². The van der Waals surface area contributed by atoms with Crippen LogP contribution < -0.4 is 11.1 Å². The van der Waals surface area contributed by atoms with Crippen LogP contribution in [0.3, 0.4) is 0 Å². The Balaban J connectivity index is 3.79. The minimum absolute atomic E-state index is 0.159. The fourth-order valence-corrected chi connectivity index (χ4v) is 1.10. The largest absolute Gasteiger partial charge is 0.409 e. The van der Waals surface area contributed by atoms with Crippen LogP contribution in [-0.2, 0) is 0 Å². The molecule has 0 heterocycles. The first kappa shape index (κ1) is 13.2. The summed E-state index contributed by atoms with van der Waals surface area (Å²) in [6.07, 6.45) is 1.79. The summed E-state index contributed by atoms with van der Waals surface area (Å²) >= 11 is 0. The van der Waals surface area contributed by atoms with Gasteiger partial charge in [0.05, 0.1) is 6.10 Å². The summed E-state index contributed by atoms with van der Waals surface area (Å²) in [5.74, 6) is 0.218. The van der Waals surface area contributed by atoms with Crippen molar-refractivity contribution in [3.63, 3.8) is 0 Å². The van der Waals surface area contributed by atoms with Crippen LogP contribution >= 0.6 is 0 Å². The van der Waals surface area contributed by atoms with Crippen LogP contribution in [0.4, 0.5) is 0 Å². The highest BCUT2D eigenvalue weighted by Crippen LogP contribution is 1.98. The second-order valence-corrected chi connectivity index (χ2v) is 3.37. The van der Waals surface area contributed by atoms with E-state index in [1.165, 1.54) is 0 Å². The van der Waals surface area contributed by atoms with Crippen molar-refractivity contribution < 1.29 is 10.3 Å². The van der Waals surface area contributed by atoms with Crippen molar-refractivity contribution in [1.82, 2.24) is 5.32 Å². The fraction of sp³-hybridized carbons (Fsp3) is 0.889. The normalized spacial score (nSPS) is 16.6. The molecule has 0 aliphatic carbocycles. The summed E-state index contributed by atoms with van der Waals surface area (Å²) in [4.78, 5) is 0. The quantitative estimate of drug-likeness (QED) is 0.207. The number of nitrogens with one attached hydrogen (secondary N) is 1. The smallest absolute Gasteiger partial charge is 0.140 e. The molecule has 5 nitrogen and oxygen atoms in total. The van der Waals surface area contributed by atoms with Crippen LogP contribution in [-0.4, -0.2) is 34.8 Å². The highest BCUT2D eigenvalue weighted by Gasteiger charge is 2.09. The molecule has 5 N–H and O–H groups in total. The van der Waals surface area contributed by atoms with E-state index in [0.717, 1.165) is 12.8 Å². The van der Waals surface area contributed by atoms with Gasteiger partial charge in [-0.3, -0.25) is 0 Å². The Hall–Kier alpha value is -0.810. The highest BCUT2D eigenvalue weighted by atomic mass is 16.4. The monoisotopic (exact) mass is 203 g/mol. The molecule has 5 heteroatoms. The van der Waals surface area contributed by atoms with Crippen LogP contribution in [0.2, 0.25) is 0 Å². The first-order chi connectivity index (χ1) is 6.63. The van der Waals surface area contributed by atoms with Crippen LogP contribution in [0.1, 0.15) is 33.1 Å². The second-order valence-electron chi connectivity index (χ2n) is 3.37. The van der Waals surface area contributed by atoms with Gasteiger partial charge in [-0.2, -0.15) is 0 Å². The Morgan fingerprint density at radius 1 is 1.43 bits per heavy atom. The molecular weight excluding hydrogens is 182 g/mol. The van der Waals surface area contributed by atoms with E-state index in [1.54, 1.807) is 0 Å².